The van der Waals surface area contributed by atoms with Crippen LogP contribution in [0.5, 0.6) is 5.75 Å². The van der Waals surface area contributed by atoms with Gasteiger partial charge in [0, 0.05) is 16.3 Å². The summed E-state index contributed by atoms with van der Waals surface area (Å²) in [4.78, 5) is 16.1. The molecule has 25 heavy (non-hydrogen) atoms. The summed E-state index contributed by atoms with van der Waals surface area (Å²) in [6, 6.07) is 5.57. The quantitative estimate of drug-likeness (QED) is 0.259. The Morgan fingerprint density at radius 1 is 1.36 bits per heavy atom. The van der Waals surface area contributed by atoms with E-state index in [9.17, 15) is 4.79 Å². The van der Waals surface area contributed by atoms with Crippen molar-refractivity contribution in [2.45, 2.75) is 33.5 Å². The molecule has 0 aromatic heterocycles. The lowest BCUT2D eigenvalue weighted by Gasteiger charge is -2.22. The molecule has 7 heteroatoms. The number of carbonyl (C=O) groups excluding carboxylic acids is 1. The zero-order valence-electron chi connectivity index (χ0n) is 15.7. The number of halogens is 1. The molecule has 5 nitrogen and oxygen atoms in total. The predicted molar refractivity (Wildman–Crippen MR) is 107 cm³/mol. The molecule has 0 N–H and O–H groups in total. The number of aliphatic imine (C=N–C) groups is 1. The summed E-state index contributed by atoms with van der Waals surface area (Å²) in [5.74, 6) is 0.668. The van der Waals surface area contributed by atoms with Crippen LogP contribution in [0.15, 0.2) is 40.1 Å². The van der Waals surface area contributed by atoms with Gasteiger partial charge in [-0.15, -0.1) is 0 Å². The van der Waals surface area contributed by atoms with Crippen molar-refractivity contribution in [3.63, 3.8) is 0 Å². The highest BCUT2D eigenvalue weighted by atomic mass is 79.9. The molecule has 0 saturated heterocycles. The zero-order valence-corrected chi connectivity index (χ0v) is 18.3. The molecule has 0 saturated carbocycles. The standard InChI is InChI=1S/C18H26BrNO4Si/c1-13(24-25(5,6)7)20-11-14-10-15(19)8-9-16(14)23-12-18(2,3)17(21)22-4/h8-11H,1,12H2,2-7H3/b20-11+. The van der Waals surface area contributed by atoms with Gasteiger partial charge in [0.25, 0.3) is 0 Å². The fourth-order valence-corrected chi connectivity index (χ4v) is 3.00. The second kappa shape index (κ2) is 8.67. The van der Waals surface area contributed by atoms with Gasteiger partial charge < -0.3 is 13.9 Å². The number of rotatable bonds is 8. The van der Waals surface area contributed by atoms with Crippen molar-refractivity contribution in [1.29, 1.82) is 0 Å². The van der Waals surface area contributed by atoms with Gasteiger partial charge in [-0.3, -0.25) is 4.79 Å². The van der Waals surface area contributed by atoms with Crippen LogP contribution >= 0.6 is 15.9 Å². The molecule has 0 bridgehead atoms. The number of ether oxygens (including phenoxy) is 2. The van der Waals surface area contributed by atoms with Crippen molar-refractivity contribution in [3.05, 3.63) is 40.7 Å². The summed E-state index contributed by atoms with van der Waals surface area (Å²) < 4.78 is 17.3. The molecule has 0 spiro atoms. The summed E-state index contributed by atoms with van der Waals surface area (Å²) in [5.41, 5.74) is 0.0104. The van der Waals surface area contributed by atoms with Gasteiger partial charge in [0.1, 0.15) is 12.4 Å². The van der Waals surface area contributed by atoms with Crippen molar-refractivity contribution in [1.82, 2.24) is 0 Å². The average Bonchev–Trinajstić information content (AvgIpc) is 2.49. The van der Waals surface area contributed by atoms with E-state index in [2.05, 4.69) is 47.1 Å². The number of esters is 1. The number of hydrogen-bond donors (Lipinski definition) is 0. The summed E-state index contributed by atoms with van der Waals surface area (Å²) >= 11 is 3.44. The first-order chi connectivity index (χ1) is 11.4. The largest absolute Gasteiger partial charge is 0.532 e. The first-order valence-electron chi connectivity index (χ1n) is 7.87. The topological polar surface area (TPSA) is 57.1 Å². The SMILES string of the molecule is C=C(/N=C/c1cc(Br)ccc1OCC(C)(C)C(=O)OC)O[Si](C)(C)C. The fourth-order valence-electron chi connectivity index (χ4n) is 1.87. The lowest BCUT2D eigenvalue weighted by Crippen LogP contribution is -2.32. The Kier molecular flexibility index (Phi) is 7.43. The van der Waals surface area contributed by atoms with Gasteiger partial charge >= 0.3 is 5.97 Å². The van der Waals surface area contributed by atoms with E-state index in [1.54, 1.807) is 20.1 Å². The molecule has 138 valence electrons. The van der Waals surface area contributed by atoms with Crippen LogP contribution in [0.1, 0.15) is 19.4 Å². The van der Waals surface area contributed by atoms with Crippen molar-refractivity contribution in [3.8, 4) is 5.75 Å². The van der Waals surface area contributed by atoms with Crippen molar-refractivity contribution in [2.75, 3.05) is 13.7 Å². The Hall–Kier alpha value is -1.60. The molecule has 1 aromatic carbocycles. The fraction of sp³-hybridized carbons (Fsp3) is 0.444. The molecule has 1 aromatic rings. The Balaban J connectivity index is 2.93. The first-order valence-corrected chi connectivity index (χ1v) is 12.1. The summed E-state index contributed by atoms with van der Waals surface area (Å²) in [5, 5.41) is 0. The monoisotopic (exact) mass is 427 g/mol. The van der Waals surface area contributed by atoms with E-state index in [0.29, 0.717) is 11.6 Å². The van der Waals surface area contributed by atoms with E-state index in [0.717, 1.165) is 10.0 Å². The maximum atomic E-state index is 11.8. The van der Waals surface area contributed by atoms with Crippen molar-refractivity contribution < 1.29 is 18.7 Å². The summed E-state index contributed by atoms with van der Waals surface area (Å²) in [6.07, 6.45) is 1.65. The van der Waals surface area contributed by atoms with E-state index in [1.807, 2.05) is 18.2 Å². The maximum Gasteiger partial charge on any atom is 0.314 e. The van der Waals surface area contributed by atoms with Crippen LogP contribution in [-0.4, -0.2) is 34.2 Å². The Morgan fingerprint density at radius 3 is 2.56 bits per heavy atom. The van der Waals surface area contributed by atoms with Gasteiger partial charge in [-0.25, -0.2) is 4.99 Å². The molecule has 0 fully saturated rings. The molecule has 0 unspecified atom stereocenters. The second-order valence-corrected chi connectivity index (χ2v) is 12.6. The van der Waals surface area contributed by atoms with Gasteiger partial charge in [0.15, 0.2) is 5.88 Å². The van der Waals surface area contributed by atoms with E-state index in [1.165, 1.54) is 7.11 Å². The maximum absolute atomic E-state index is 11.8. The van der Waals surface area contributed by atoms with Crippen LogP contribution < -0.4 is 4.74 Å². The van der Waals surface area contributed by atoms with Crippen molar-refractivity contribution >= 4 is 36.4 Å². The van der Waals surface area contributed by atoms with Crippen LogP contribution in [0.25, 0.3) is 0 Å². The number of carbonyl (C=O) groups is 1. The van der Waals surface area contributed by atoms with Crippen molar-refractivity contribution in [2.24, 2.45) is 10.4 Å². The van der Waals surface area contributed by atoms with E-state index in [-0.39, 0.29) is 12.6 Å². The highest BCUT2D eigenvalue weighted by Crippen LogP contribution is 2.25. The molecule has 1 rings (SSSR count). The average molecular weight is 428 g/mol. The lowest BCUT2D eigenvalue weighted by molar-refractivity contribution is -0.152. The summed E-state index contributed by atoms with van der Waals surface area (Å²) in [6.45, 7) is 13.8. The molecule has 0 aliphatic rings. The molecule has 0 radical (unpaired) electrons. The van der Waals surface area contributed by atoms with Crippen LogP contribution in [-0.2, 0) is 14.0 Å². The number of methoxy groups -OCH3 is 1. The van der Waals surface area contributed by atoms with E-state index in [4.69, 9.17) is 13.9 Å². The zero-order chi connectivity index (χ0) is 19.3. The molecular weight excluding hydrogens is 402 g/mol. The summed E-state index contributed by atoms with van der Waals surface area (Å²) in [7, 11) is -0.378. The number of nitrogens with zero attached hydrogens (tertiary/aromatic N) is 1. The van der Waals surface area contributed by atoms with Gasteiger partial charge in [-0.05, 0) is 58.3 Å². The van der Waals surface area contributed by atoms with Gasteiger partial charge in [0.05, 0.1) is 12.5 Å². The minimum absolute atomic E-state index is 0.189. The third kappa shape index (κ3) is 7.44. The van der Waals surface area contributed by atoms with Crippen LogP contribution in [0.3, 0.4) is 0 Å². The second-order valence-electron chi connectivity index (χ2n) is 7.21. The Morgan fingerprint density at radius 2 is 2.00 bits per heavy atom. The smallest absolute Gasteiger partial charge is 0.314 e. The van der Waals surface area contributed by atoms with Gasteiger partial charge in [-0.1, -0.05) is 15.9 Å². The normalized spacial score (nSPS) is 12.1. The lowest BCUT2D eigenvalue weighted by atomic mass is 9.95. The molecule has 0 atom stereocenters. The minimum atomic E-state index is -1.75. The third-order valence-corrected chi connectivity index (χ3v) is 4.41. The molecule has 0 heterocycles. The van der Waals surface area contributed by atoms with Gasteiger partial charge in [0.2, 0.25) is 8.32 Å². The molecule has 0 aliphatic carbocycles. The van der Waals surface area contributed by atoms with Gasteiger partial charge in [-0.2, -0.15) is 0 Å². The highest BCUT2D eigenvalue weighted by Gasteiger charge is 2.30. The first kappa shape index (κ1) is 21.4. The minimum Gasteiger partial charge on any atom is -0.532 e. The Labute approximate surface area is 159 Å². The van der Waals surface area contributed by atoms with E-state index >= 15 is 0 Å². The van der Waals surface area contributed by atoms with Crippen LogP contribution in [0.2, 0.25) is 19.6 Å². The molecular formula is C18H26BrNO4Si. The van der Waals surface area contributed by atoms with Crippen LogP contribution in [0.4, 0.5) is 0 Å². The number of benzene rings is 1. The predicted octanol–water partition coefficient (Wildman–Crippen LogP) is 4.77. The third-order valence-electron chi connectivity index (χ3n) is 3.07. The highest BCUT2D eigenvalue weighted by molar-refractivity contribution is 9.10. The Bertz CT molecular complexity index is 666. The molecule has 0 aliphatic heterocycles. The molecule has 0 amide bonds. The number of hydrogen-bond acceptors (Lipinski definition) is 5. The van der Waals surface area contributed by atoms with E-state index < -0.39 is 13.7 Å². The van der Waals surface area contributed by atoms with Crippen LogP contribution in [0, 0.1) is 5.41 Å².